The van der Waals surface area contributed by atoms with Crippen molar-refractivity contribution in [1.29, 1.82) is 0 Å². The van der Waals surface area contributed by atoms with E-state index >= 15 is 0 Å². The molecule has 0 aliphatic rings. The number of hydrogen-bond acceptors (Lipinski definition) is 2. The van der Waals surface area contributed by atoms with Crippen LogP contribution in [0.3, 0.4) is 0 Å². The first-order chi connectivity index (χ1) is 9.60. The second-order valence-electron chi connectivity index (χ2n) is 4.80. The lowest BCUT2D eigenvalue weighted by molar-refractivity contribution is 0.532. The van der Waals surface area contributed by atoms with Gasteiger partial charge in [0.1, 0.15) is 0 Å². The molecule has 1 unspecified atom stereocenters. The minimum absolute atomic E-state index is 0.144. The molecular formula is C15H19BrIN3. The van der Waals surface area contributed by atoms with Crippen molar-refractivity contribution in [2.75, 3.05) is 7.05 Å². The van der Waals surface area contributed by atoms with Crippen LogP contribution in [0.15, 0.2) is 28.9 Å². The predicted molar refractivity (Wildman–Crippen MR) is 95.0 cm³/mol. The standard InChI is InChI=1S/C15H19BrIN3/c1-4-8-20-15(12(16)9-19-20)14(18-3)11-7-5-6-10(2)13(11)17/h5-7,9,14,18H,4,8H2,1-3H3. The number of benzene rings is 1. The van der Waals surface area contributed by atoms with E-state index in [4.69, 9.17) is 0 Å². The molecular weight excluding hydrogens is 429 g/mol. The Bertz CT molecular complexity index is 595. The molecule has 0 fully saturated rings. The molecule has 5 heteroatoms. The number of nitrogens with zero attached hydrogens (tertiary/aromatic N) is 2. The van der Waals surface area contributed by atoms with Gasteiger partial charge in [0.15, 0.2) is 0 Å². The molecule has 0 bridgehead atoms. The highest BCUT2D eigenvalue weighted by molar-refractivity contribution is 14.1. The van der Waals surface area contributed by atoms with Gasteiger partial charge in [-0.15, -0.1) is 0 Å². The quantitative estimate of drug-likeness (QED) is 0.693. The molecule has 1 heterocycles. The maximum atomic E-state index is 4.48. The number of rotatable bonds is 5. The molecule has 3 nitrogen and oxygen atoms in total. The monoisotopic (exact) mass is 447 g/mol. The van der Waals surface area contributed by atoms with E-state index in [0.29, 0.717) is 0 Å². The van der Waals surface area contributed by atoms with Crippen LogP contribution in [-0.4, -0.2) is 16.8 Å². The van der Waals surface area contributed by atoms with Gasteiger partial charge in [0.25, 0.3) is 0 Å². The number of hydrogen-bond donors (Lipinski definition) is 1. The van der Waals surface area contributed by atoms with Crippen LogP contribution in [0.4, 0.5) is 0 Å². The Morgan fingerprint density at radius 1 is 1.45 bits per heavy atom. The summed E-state index contributed by atoms with van der Waals surface area (Å²) in [5.41, 5.74) is 3.80. The van der Waals surface area contributed by atoms with Crippen LogP contribution >= 0.6 is 38.5 Å². The van der Waals surface area contributed by atoms with Crippen LogP contribution in [0, 0.1) is 10.5 Å². The normalized spacial score (nSPS) is 12.7. The van der Waals surface area contributed by atoms with Crippen LogP contribution in [0.2, 0.25) is 0 Å². The summed E-state index contributed by atoms with van der Waals surface area (Å²) in [5.74, 6) is 0. The SMILES string of the molecule is CCCn1ncc(Br)c1C(NC)c1cccc(C)c1I. The lowest BCUT2D eigenvalue weighted by Gasteiger charge is -2.21. The summed E-state index contributed by atoms with van der Waals surface area (Å²) in [6.45, 7) is 5.25. The Morgan fingerprint density at radius 3 is 2.85 bits per heavy atom. The lowest BCUT2D eigenvalue weighted by Crippen LogP contribution is -2.23. The summed E-state index contributed by atoms with van der Waals surface area (Å²) in [7, 11) is 2.00. The fourth-order valence-electron chi connectivity index (χ4n) is 2.38. The summed E-state index contributed by atoms with van der Waals surface area (Å²) < 4.78 is 4.45. The van der Waals surface area contributed by atoms with Crippen molar-refractivity contribution in [2.45, 2.75) is 32.9 Å². The molecule has 2 rings (SSSR count). The van der Waals surface area contributed by atoms with Gasteiger partial charge in [-0.05, 0) is 70.0 Å². The molecule has 1 atom stereocenters. The van der Waals surface area contributed by atoms with Crippen LogP contribution in [0.5, 0.6) is 0 Å². The van der Waals surface area contributed by atoms with E-state index in [-0.39, 0.29) is 6.04 Å². The fraction of sp³-hybridized carbons (Fsp3) is 0.400. The van der Waals surface area contributed by atoms with Crippen molar-refractivity contribution in [2.24, 2.45) is 0 Å². The molecule has 0 saturated heterocycles. The van der Waals surface area contributed by atoms with Crippen molar-refractivity contribution in [3.63, 3.8) is 0 Å². The first kappa shape index (κ1) is 16.0. The van der Waals surface area contributed by atoms with Gasteiger partial charge in [-0.3, -0.25) is 4.68 Å². The molecule has 108 valence electrons. The second-order valence-corrected chi connectivity index (χ2v) is 6.73. The molecule has 0 aliphatic carbocycles. The summed E-state index contributed by atoms with van der Waals surface area (Å²) in [6.07, 6.45) is 2.96. The Labute approximate surface area is 142 Å². The Hall–Kier alpha value is -0.400. The third kappa shape index (κ3) is 3.09. The fourth-order valence-corrected chi connectivity index (χ4v) is 3.58. The summed E-state index contributed by atoms with van der Waals surface area (Å²) in [5, 5.41) is 7.91. The van der Waals surface area contributed by atoms with Crippen molar-refractivity contribution < 1.29 is 0 Å². The average molecular weight is 448 g/mol. The molecule has 1 N–H and O–H groups in total. The van der Waals surface area contributed by atoms with Crippen LogP contribution < -0.4 is 5.32 Å². The summed E-state index contributed by atoms with van der Waals surface area (Å²) in [6, 6.07) is 6.60. The highest BCUT2D eigenvalue weighted by atomic mass is 127. The zero-order valence-corrected chi connectivity index (χ0v) is 15.7. The van der Waals surface area contributed by atoms with Gasteiger partial charge in [0, 0.05) is 10.1 Å². The summed E-state index contributed by atoms with van der Waals surface area (Å²) in [4.78, 5) is 0. The molecule has 1 aromatic heterocycles. The van der Waals surface area contributed by atoms with Crippen molar-refractivity contribution in [1.82, 2.24) is 15.1 Å². The Morgan fingerprint density at radius 2 is 2.20 bits per heavy atom. The van der Waals surface area contributed by atoms with Crippen molar-refractivity contribution >= 4 is 38.5 Å². The van der Waals surface area contributed by atoms with Crippen molar-refractivity contribution in [3.8, 4) is 0 Å². The molecule has 0 radical (unpaired) electrons. The van der Waals surface area contributed by atoms with Crippen LogP contribution in [0.1, 0.15) is 36.2 Å². The van der Waals surface area contributed by atoms with E-state index < -0.39 is 0 Å². The van der Waals surface area contributed by atoms with Gasteiger partial charge < -0.3 is 5.32 Å². The zero-order valence-electron chi connectivity index (χ0n) is 12.0. The van der Waals surface area contributed by atoms with E-state index in [9.17, 15) is 0 Å². The van der Waals surface area contributed by atoms with E-state index in [1.165, 1.54) is 20.4 Å². The minimum Gasteiger partial charge on any atom is -0.308 e. The van der Waals surface area contributed by atoms with Crippen LogP contribution in [-0.2, 0) is 6.54 Å². The molecule has 1 aromatic carbocycles. The molecule has 20 heavy (non-hydrogen) atoms. The third-order valence-electron chi connectivity index (χ3n) is 3.36. The molecule has 0 saturated carbocycles. The van der Waals surface area contributed by atoms with E-state index in [0.717, 1.165) is 17.4 Å². The maximum absolute atomic E-state index is 4.48. The topological polar surface area (TPSA) is 29.9 Å². The summed E-state index contributed by atoms with van der Waals surface area (Å²) >= 11 is 6.07. The van der Waals surface area contributed by atoms with Gasteiger partial charge in [-0.2, -0.15) is 5.10 Å². The van der Waals surface area contributed by atoms with Gasteiger partial charge in [-0.25, -0.2) is 0 Å². The largest absolute Gasteiger partial charge is 0.308 e. The highest BCUT2D eigenvalue weighted by Gasteiger charge is 2.22. The molecule has 0 aliphatic heterocycles. The van der Waals surface area contributed by atoms with Crippen molar-refractivity contribution in [3.05, 3.63) is 49.3 Å². The molecule has 2 aromatic rings. The molecule has 0 spiro atoms. The predicted octanol–water partition coefficient (Wildman–Crippen LogP) is 4.28. The average Bonchev–Trinajstić information content (AvgIpc) is 2.78. The van der Waals surface area contributed by atoms with Gasteiger partial charge in [0.2, 0.25) is 0 Å². The van der Waals surface area contributed by atoms with E-state index in [2.05, 4.69) is 85.7 Å². The molecule has 0 amide bonds. The van der Waals surface area contributed by atoms with E-state index in [1.54, 1.807) is 0 Å². The third-order valence-corrected chi connectivity index (χ3v) is 5.45. The smallest absolute Gasteiger partial charge is 0.0767 e. The van der Waals surface area contributed by atoms with Gasteiger partial charge in [-0.1, -0.05) is 25.1 Å². The number of halogens is 2. The first-order valence-corrected chi connectivity index (χ1v) is 8.60. The highest BCUT2D eigenvalue weighted by Crippen LogP contribution is 2.32. The maximum Gasteiger partial charge on any atom is 0.0767 e. The minimum atomic E-state index is 0.144. The zero-order chi connectivity index (χ0) is 14.7. The number of aromatic nitrogens is 2. The first-order valence-electron chi connectivity index (χ1n) is 6.73. The second kappa shape index (κ2) is 7.04. The number of nitrogens with one attached hydrogen (secondary N) is 1. The lowest BCUT2D eigenvalue weighted by atomic mass is 10.0. The van der Waals surface area contributed by atoms with Gasteiger partial charge >= 0.3 is 0 Å². The Balaban J connectivity index is 2.52. The van der Waals surface area contributed by atoms with Crippen LogP contribution in [0.25, 0.3) is 0 Å². The van der Waals surface area contributed by atoms with E-state index in [1.807, 2.05) is 13.2 Å². The number of aryl methyl sites for hydroxylation is 2. The Kier molecular flexibility index (Phi) is 5.63. The van der Waals surface area contributed by atoms with Gasteiger partial charge in [0.05, 0.1) is 22.4 Å².